The molecule has 23 heavy (non-hydrogen) atoms. The van der Waals surface area contributed by atoms with Gasteiger partial charge in [-0.25, -0.2) is 4.39 Å². The predicted molar refractivity (Wildman–Crippen MR) is 90.3 cm³/mol. The molecular weight excluding hydrogens is 291 g/mol. The SMILES string of the molecule is COc1cc(C)nc2ccc(C3=C(F)[C@@H]4CCC(C3)N4C)cc12. The Hall–Kier alpha value is -1.94. The number of methoxy groups -OCH3 is 1. The molecule has 0 spiro atoms. The van der Waals surface area contributed by atoms with Crippen LogP contribution in [0.2, 0.25) is 0 Å². The Morgan fingerprint density at radius 1 is 1.26 bits per heavy atom. The van der Waals surface area contributed by atoms with Crippen molar-refractivity contribution in [3.05, 3.63) is 41.3 Å². The summed E-state index contributed by atoms with van der Waals surface area (Å²) in [4.78, 5) is 6.73. The summed E-state index contributed by atoms with van der Waals surface area (Å²) in [5, 5.41) is 0.946. The fourth-order valence-electron chi connectivity index (χ4n) is 4.03. The molecule has 0 amide bonds. The zero-order valence-corrected chi connectivity index (χ0v) is 13.8. The quantitative estimate of drug-likeness (QED) is 0.835. The standard InChI is InChI=1S/C19H21FN2O/c1-11-8-18(23-3)15-9-12(4-6-16(15)21-11)14-10-13-5-7-17(19(14)20)22(13)2/h4,6,8-9,13,17H,5,7,10H2,1-3H3/t13?,17-/m0/s1. The molecule has 2 aliphatic rings. The van der Waals surface area contributed by atoms with Crippen molar-refractivity contribution in [1.82, 2.24) is 9.88 Å². The largest absolute Gasteiger partial charge is 0.496 e. The highest BCUT2D eigenvalue weighted by Crippen LogP contribution is 2.43. The molecule has 0 N–H and O–H groups in total. The third-order valence-electron chi connectivity index (χ3n) is 5.33. The van der Waals surface area contributed by atoms with Crippen molar-refractivity contribution in [3.8, 4) is 5.75 Å². The second-order valence-electron chi connectivity index (χ2n) is 6.64. The number of halogens is 1. The molecule has 1 fully saturated rings. The maximum Gasteiger partial charge on any atom is 0.130 e. The van der Waals surface area contributed by atoms with Gasteiger partial charge in [0.15, 0.2) is 0 Å². The van der Waals surface area contributed by atoms with Gasteiger partial charge in [-0.15, -0.1) is 0 Å². The third-order valence-corrected chi connectivity index (χ3v) is 5.33. The maximum atomic E-state index is 14.9. The Kier molecular flexibility index (Phi) is 3.38. The molecule has 120 valence electrons. The van der Waals surface area contributed by atoms with Crippen LogP contribution in [0.1, 0.15) is 30.5 Å². The van der Waals surface area contributed by atoms with Gasteiger partial charge < -0.3 is 4.74 Å². The van der Waals surface area contributed by atoms with Crippen LogP contribution in [0.4, 0.5) is 4.39 Å². The number of nitrogens with zero attached hydrogens (tertiary/aromatic N) is 2. The van der Waals surface area contributed by atoms with Crippen molar-refractivity contribution < 1.29 is 9.13 Å². The first kappa shape index (κ1) is 14.6. The van der Waals surface area contributed by atoms with Gasteiger partial charge in [-0.2, -0.15) is 0 Å². The van der Waals surface area contributed by atoms with E-state index in [9.17, 15) is 4.39 Å². The van der Waals surface area contributed by atoms with Gasteiger partial charge in [0.2, 0.25) is 0 Å². The first-order chi connectivity index (χ1) is 11.1. The molecule has 1 aromatic heterocycles. The van der Waals surface area contributed by atoms with Crippen LogP contribution in [0.5, 0.6) is 5.75 Å². The summed E-state index contributed by atoms with van der Waals surface area (Å²) < 4.78 is 20.4. The van der Waals surface area contributed by atoms with E-state index in [0.29, 0.717) is 6.04 Å². The number of aryl methyl sites for hydroxylation is 1. The lowest BCUT2D eigenvalue weighted by Gasteiger charge is -2.32. The van der Waals surface area contributed by atoms with Crippen molar-refractivity contribution in [1.29, 1.82) is 0 Å². The van der Waals surface area contributed by atoms with Crippen LogP contribution in [0, 0.1) is 6.92 Å². The number of ether oxygens (including phenoxy) is 1. The van der Waals surface area contributed by atoms with Gasteiger partial charge in [-0.05, 0) is 56.5 Å². The van der Waals surface area contributed by atoms with E-state index in [2.05, 4.69) is 9.88 Å². The van der Waals surface area contributed by atoms with E-state index < -0.39 is 0 Å². The average molecular weight is 312 g/mol. The van der Waals surface area contributed by atoms with Crippen molar-refractivity contribution in [2.45, 2.75) is 38.3 Å². The minimum absolute atomic E-state index is 0.0413. The molecular formula is C19H21FN2O. The van der Waals surface area contributed by atoms with E-state index in [-0.39, 0.29) is 11.9 Å². The first-order valence-electron chi connectivity index (χ1n) is 8.14. The van der Waals surface area contributed by atoms with E-state index >= 15 is 0 Å². The lowest BCUT2D eigenvalue weighted by molar-refractivity contribution is 0.230. The molecule has 1 aromatic carbocycles. The smallest absolute Gasteiger partial charge is 0.130 e. The van der Waals surface area contributed by atoms with Gasteiger partial charge in [-0.1, -0.05) is 6.07 Å². The van der Waals surface area contributed by atoms with Crippen LogP contribution >= 0.6 is 0 Å². The number of hydrogen-bond acceptors (Lipinski definition) is 3. The summed E-state index contributed by atoms with van der Waals surface area (Å²) in [6.45, 7) is 1.95. The molecule has 2 atom stereocenters. The lowest BCUT2D eigenvalue weighted by atomic mass is 9.93. The normalized spacial score (nSPS) is 24.5. The Morgan fingerprint density at radius 2 is 2.09 bits per heavy atom. The number of fused-ring (bicyclic) bond motifs is 3. The molecule has 3 heterocycles. The van der Waals surface area contributed by atoms with Crippen LogP contribution in [0.3, 0.4) is 0 Å². The zero-order valence-electron chi connectivity index (χ0n) is 13.8. The molecule has 1 unspecified atom stereocenters. The van der Waals surface area contributed by atoms with Crippen LogP contribution in [0.25, 0.3) is 16.5 Å². The third kappa shape index (κ3) is 2.24. The number of hydrogen-bond donors (Lipinski definition) is 0. The van der Waals surface area contributed by atoms with Crippen molar-refractivity contribution in [3.63, 3.8) is 0 Å². The molecule has 0 saturated carbocycles. The summed E-state index contributed by atoms with van der Waals surface area (Å²) >= 11 is 0. The highest BCUT2D eigenvalue weighted by atomic mass is 19.1. The van der Waals surface area contributed by atoms with Crippen LogP contribution in [-0.4, -0.2) is 36.1 Å². The van der Waals surface area contributed by atoms with Gasteiger partial charge in [0.1, 0.15) is 11.6 Å². The molecule has 2 bridgehead atoms. The maximum absolute atomic E-state index is 14.9. The van der Waals surface area contributed by atoms with Crippen molar-refractivity contribution in [2.24, 2.45) is 0 Å². The van der Waals surface area contributed by atoms with Gasteiger partial charge >= 0.3 is 0 Å². The molecule has 3 nitrogen and oxygen atoms in total. The zero-order chi connectivity index (χ0) is 16.1. The highest BCUT2D eigenvalue weighted by molar-refractivity contribution is 5.89. The monoisotopic (exact) mass is 312 g/mol. The molecule has 1 saturated heterocycles. The molecule has 2 aliphatic heterocycles. The predicted octanol–water partition coefficient (Wildman–Crippen LogP) is 4.10. The van der Waals surface area contributed by atoms with E-state index in [1.165, 1.54) is 0 Å². The summed E-state index contributed by atoms with van der Waals surface area (Å²) in [6.07, 6.45) is 2.79. The fraction of sp³-hybridized carbons (Fsp3) is 0.421. The van der Waals surface area contributed by atoms with Gasteiger partial charge in [0.05, 0.1) is 18.7 Å². The summed E-state index contributed by atoms with van der Waals surface area (Å²) in [6, 6.07) is 8.34. The van der Waals surface area contributed by atoms with E-state index in [1.54, 1.807) is 7.11 Å². The Balaban J connectivity index is 1.85. The molecule has 4 heteroatoms. The van der Waals surface area contributed by atoms with Gasteiger partial charge in [0.25, 0.3) is 0 Å². The van der Waals surface area contributed by atoms with Gasteiger partial charge in [-0.3, -0.25) is 9.88 Å². The Labute approximate surface area is 135 Å². The van der Waals surface area contributed by atoms with Crippen molar-refractivity contribution >= 4 is 16.5 Å². The number of likely N-dealkylation sites (N-methyl/N-ethyl adjacent to an activating group) is 1. The minimum atomic E-state index is -0.0440. The average Bonchev–Trinajstić information content (AvgIpc) is 2.81. The summed E-state index contributed by atoms with van der Waals surface area (Å²) in [5.74, 6) is 0.839. The number of benzene rings is 1. The van der Waals surface area contributed by atoms with E-state index in [1.807, 2.05) is 38.2 Å². The van der Waals surface area contributed by atoms with Crippen LogP contribution in [0.15, 0.2) is 30.1 Å². The number of aromatic nitrogens is 1. The second-order valence-corrected chi connectivity index (χ2v) is 6.64. The molecule has 0 aliphatic carbocycles. The lowest BCUT2D eigenvalue weighted by Crippen LogP contribution is -2.36. The molecule has 0 radical (unpaired) electrons. The van der Waals surface area contributed by atoms with E-state index in [0.717, 1.165) is 52.7 Å². The van der Waals surface area contributed by atoms with Crippen LogP contribution < -0.4 is 4.74 Å². The topological polar surface area (TPSA) is 25.4 Å². The second kappa shape index (κ2) is 5.31. The molecule has 2 aromatic rings. The van der Waals surface area contributed by atoms with Crippen molar-refractivity contribution in [2.75, 3.05) is 14.2 Å². The first-order valence-corrected chi connectivity index (χ1v) is 8.14. The number of pyridine rings is 1. The number of rotatable bonds is 2. The summed E-state index contributed by atoms with van der Waals surface area (Å²) in [5.41, 5.74) is 3.64. The Morgan fingerprint density at radius 3 is 2.87 bits per heavy atom. The fourth-order valence-corrected chi connectivity index (χ4v) is 4.03. The highest BCUT2D eigenvalue weighted by Gasteiger charge is 2.39. The summed E-state index contributed by atoms with van der Waals surface area (Å²) in [7, 11) is 3.70. The van der Waals surface area contributed by atoms with Gasteiger partial charge in [0, 0.05) is 23.2 Å². The Bertz CT molecular complexity index is 814. The van der Waals surface area contributed by atoms with E-state index in [4.69, 9.17) is 4.74 Å². The van der Waals surface area contributed by atoms with Crippen LogP contribution in [-0.2, 0) is 0 Å². The molecule has 4 rings (SSSR count). The minimum Gasteiger partial charge on any atom is -0.496 e.